The van der Waals surface area contributed by atoms with Gasteiger partial charge in [0.15, 0.2) is 0 Å². The molecule has 1 aliphatic rings. The zero-order valence-corrected chi connectivity index (χ0v) is 12.4. The first kappa shape index (κ1) is 14.1. The average molecular weight is 287 g/mol. The molecule has 2 unspecified atom stereocenters. The van der Waals surface area contributed by atoms with Gasteiger partial charge in [0, 0.05) is 18.6 Å². The molecule has 4 heteroatoms. The van der Waals surface area contributed by atoms with Crippen molar-refractivity contribution in [1.82, 2.24) is 10.2 Å². The predicted octanol–water partition coefficient (Wildman–Crippen LogP) is 3.74. The van der Waals surface area contributed by atoms with Gasteiger partial charge < -0.3 is 5.32 Å². The summed E-state index contributed by atoms with van der Waals surface area (Å²) in [7, 11) is 2.19. The molecule has 0 aliphatic carbocycles. The van der Waals surface area contributed by atoms with Crippen molar-refractivity contribution in [3.8, 4) is 0 Å². The van der Waals surface area contributed by atoms with E-state index in [2.05, 4.69) is 30.3 Å². The molecule has 2 rings (SSSR count). The Hall–Kier alpha value is -0.280. The standard InChI is InChI=1S/C14H20Cl2N2/c1-10(11-5-6-13(15)14(16)8-11)18(2)12-4-3-7-17-9-12/h5-6,8,10,12,17H,3-4,7,9H2,1-2H3. The maximum atomic E-state index is 6.09. The summed E-state index contributed by atoms with van der Waals surface area (Å²) in [6.45, 7) is 4.43. The molecule has 1 heterocycles. The quantitative estimate of drug-likeness (QED) is 0.911. The normalized spacial score (nSPS) is 22.2. The Morgan fingerprint density at radius 1 is 1.33 bits per heavy atom. The van der Waals surface area contributed by atoms with Crippen LogP contribution in [0.15, 0.2) is 18.2 Å². The number of hydrogen-bond acceptors (Lipinski definition) is 2. The summed E-state index contributed by atoms with van der Waals surface area (Å²) in [5, 5.41) is 4.71. The van der Waals surface area contributed by atoms with Crippen LogP contribution in [0.2, 0.25) is 10.0 Å². The number of likely N-dealkylation sites (N-methyl/N-ethyl adjacent to an activating group) is 1. The van der Waals surface area contributed by atoms with Gasteiger partial charge >= 0.3 is 0 Å². The highest BCUT2D eigenvalue weighted by molar-refractivity contribution is 6.42. The number of nitrogens with zero attached hydrogens (tertiary/aromatic N) is 1. The van der Waals surface area contributed by atoms with Crippen LogP contribution in [0, 0.1) is 0 Å². The van der Waals surface area contributed by atoms with E-state index >= 15 is 0 Å². The van der Waals surface area contributed by atoms with E-state index in [-0.39, 0.29) is 0 Å². The third kappa shape index (κ3) is 3.18. The second-order valence-corrected chi connectivity index (χ2v) is 5.83. The van der Waals surface area contributed by atoms with Crippen molar-refractivity contribution in [2.75, 3.05) is 20.1 Å². The van der Waals surface area contributed by atoms with Gasteiger partial charge in [-0.05, 0) is 51.1 Å². The lowest BCUT2D eigenvalue weighted by Crippen LogP contribution is -2.45. The summed E-state index contributed by atoms with van der Waals surface area (Å²) in [6.07, 6.45) is 2.51. The molecule has 0 aromatic heterocycles. The number of benzene rings is 1. The van der Waals surface area contributed by atoms with Gasteiger partial charge in [0.05, 0.1) is 10.0 Å². The Kier molecular flexibility index (Phi) is 4.91. The van der Waals surface area contributed by atoms with Crippen molar-refractivity contribution in [3.05, 3.63) is 33.8 Å². The fourth-order valence-corrected chi connectivity index (χ4v) is 2.81. The molecule has 1 N–H and O–H groups in total. The minimum absolute atomic E-state index is 0.352. The number of hydrogen-bond donors (Lipinski definition) is 1. The van der Waals surface area contributed by atoms with Crippen LogP contribution in [0.4, 0.5) is 0 Å². The molecule has 18 heavy (non-hydrogen) atoms. The highest BCUT2D eigenvalue weighted by atomic mass is 35.5. The van der Waals surface area contributed by atoms with Crippen LogP contribution in [-0.4, -0.2) is 31.1 Å². The molecule has 0 bridgehead atoms. The molecule has 0 saturated carbocycles. The molecule has 1 aliphatic heterocycles. The van der Waals surface area contributed by atoms with E-state index in [0.29, 0.717) is 22.1 Å². The lowest BCUT2D eigenvalue weighted by Gasteiger charge is -2.36. The molecular formula is C14H20Cl2N2. The van der Waals surface area contributed by atoms with Gasteiger partial charge in [-0.2, -0.15) is 0 Å². The van der Waals surface area contributed by atoms with E-state index in [4.69, 9.17) is 23.2 Å². The first-order chi connectivity index (χ1) is 8.59. The van der Waals surface area contributed by atoms with Crippen LogP contribution in [0.1, 0.15) is 31.4 Å². The van der Waals surface area contributed by atoms with Gasteiger partial charge in [-0.1, -0.05) is 29.3 Å². The van der Waals surface area contributed by atoms with Crippen molar-refractivity contribution in [2.45, 2.75) is 31.8 Å². The van der Waals surface area contributed by atoms with Crippen LogP contribution < -0.4 is 5.32 Å². The summed E-state index contributed by atoms with van der Waals surface area (Å²) >= 11 is 12.0. The summed E-state index contributed by atoms with van der Waals surface area (Å²) in [6, 6.07) is 6.86. The zero-order chi connectivity index (χ0) is 13.1. The van der Waals surface area contributed by atoms with Crippen LogP contribution in [0.3, 0.4) is 0 Å². The maximum absolute atomic E-state index is 6.09. The van der Waals surface area contributed by atoms with Crippen LogP contribution in [0.25, 0.3) is 0 Å². The van der Waals surface area contributed by atoms with Crippen molar-refractivity contribution < 1.29 is 0 Å². The molecule has 1 aromatic rings. The molecule has 2 atom stereocenters. The Labute approximate surface area is 119 Å². The maximum Gasteiger partial charge on any atom is 0.0595 e. The van der Waals surface area contributed by atoms with E-state index in [0.717, 1.165) is 13.1 Å². The second kappa shape index (κ2) is 6.25. The van der Waals surface area contributed by atoms with Crippen LogP contribution in [-0.2, 0) is 0 Å². The summed E-state index contributed by atoms with van der Waals surface area (Å²) in [5.41, 5.74) is 1.22. The van der Waals surface area contributed by atoms with Crippen molar-refractivity contribution in [1.29, 1.82) is 0 Å². The van der Waals surface area contributed by atoms with Crippen molar-refractivity contribution in [2.24, 2.45) is 0 Å². The molecule has 2 nitrogen and oxygen atoms in total. The Morgan fingerprint density at radius 3 is 2.72 bits per heavy atom. The first-order valence-electron chi connectivity index (χ1n) is 6.47. The zero-order valence-electron chi connectivity index (χ0n) is 10.9. The molecule has 0 spiro atoms. The van der Waals surface area contributed by atoms with Gasteiger partial charge in [0.1, 0.15) is 0 Å². The lowest BCUT2D eigenvalue weighted by atomic mass is 10.0. The molecule has 1 saturated heterocycles. The molecule has 0 radical (unpaired) electrons. The smallest absolute Gasteiger partial charge is 0.0595 e. The third-order valence-electron chi connectivity index (χ3n) is 3.88. The van der Waals surface area contributed by atoms with Gasteiger partial charge in [0.25, 0.3) is 0 Å². The van der Waals surface area contributed by atoms with E-state index in [1.165, 1.54) is 18.4 Å². The van der Waals surface area contributed by atoms with Gasteiger partial charge in [-0.25, -0.2) is 0 Å². The summed E-state index contributed by atoms with van der Waals surface area (Å²) in [5.74, 6) is 0. The Bertz CT molecular complexity index is 403. The third-order valence-corrected chi connectivity index (χ3v) is 4.62. The monoisotopic (exact) mass is 286 g/mol. The SMILES string of the molecule is CC(c1ccc(Cl)c(Cl)c1)N(C)C1CCCNC1. The van der Waals surface area contributed by atoms with Gasteiger partial charge in [-0.15, -0.1) is 0 Å². The fourth-order valence-electron chi connectivity index (χ4n) is 2.50. The topological polar surface area (TPSA) is 15.3 Å². The number of halogens is 2. The highest BCUT2D eigenvalue weighted by Gasteiger charge is 2.22. The average Bonchev–Trinajstić information content (AvgIpc) is 2.41. The molecule has 100 valence electrons. The highest BCUT2D eigenvalue weighted by Crippen LogP contribution is 2.29. The first-order valence-corrected chi connectivity index (χ1v) is 7.23. The number of rotatable bonds is 3. The van der Waals surface area contributed by atoms with E-state index in [9.17, 15) is 0 Å². The fraction of sp³-hybridized carbons (Fsp3) is 0.571. The molecule has 0 amide bonds. The number of nitrogens with one attached hydrogen (secondary N) is 1. The largest absolute Gasteiger partial charge is 0.315 e. The summed E-state index contributed by atoms with van der Waals surface area (Å²) < 4.78 is 0. The van der Waals surface area contributed by atoms with Crippen molar-refractivity contribution >= 4 is 23.2 Å². The Morgan fingerprint density at radius 2 is 2.11 bits per heavy atom. The summed E-state index contributed by atoms with van der Waals surface area (Å²) in [4.78, 5) is 2.42. The lowest BCUT2D eigenvalue weighted by molar-refractivity contribution is 0.156. The molecular weight excluding hydrogens is 267 g/mol. The Balaban J connectivity index is 2.09. The van der Waals surface area contributed by atoms with E-state index in [1.54, 1.807) is 0 Å². The molecule has 1 aromatic carbocycles. The van der Waals surface area contributed by atoms with Crippen molar-refractivity contribution in [3.63, 3.8) is 0 Å². The minimum atomic E-state index is 0.352. The van der Waals surface area contributed by atoms with E-state index < -0.39 is 0 Å². The van der Waals surface area contributed by atoms with Gasteiger partial charge in [0.2, 0.25) is 0 Å². The van der Waals surface area contributed by atoms with Gasteiger partial charge in [-0.3, -0.25) is 4.90 Å². The predicted molar refractivity (Wildman–Crippen MR) is 78.5 cm³/mol. The minimum Gasteiger partial charge on any atom is -0.315 e. The van der Waals surface area contributed by atoms with E-state index in [1.807, 2.05) is 12.1 Å². The second-order valence-electron chi connectivity index (χ2n) is 5.02. The molecule has 1 fully saturated rings. The van der Waals surface area contributed by atoms with Crippen LogP contribution >= 0.6 is 23.2 Å². The van der Waals surface area contributed by atoms with Crippen LogP contribution in [0.5, 0.6) is 0 Å². The number of piperidine rings is 1.